The maximum absolute atomic E-state index is 12.4. The number of ether oxygens (including phenoxy) is 2. The van der Waals surface area contributed by atoms with Crippen molar-refractivity contribution in [2.24, 2.45) is 0 Å². The number of benzene rings is 2. The van der Waals surface area contributed by atoms with Crippen molar-refractivity contribution in [3.05, 3.63) is 58.7 Å². The van der Waals surface area contributed by atoms with Crippen LogP contribution in [-0.2, 0) is 4.79 Å². The predicted molar refractivity (Wildman–Crippen MR) is 97.7 cm³/mol. The van der Waals surface area contributed by atoms with Gasteiger partial charge in [0.25, 0.3) is 5.91 Å². The van der Waals surface area contributed by atoms with Gasteiger partial charge in [-0.1, -0.05) is 18.2 Å². The number of nitrogens with zero attached hydrogens (tertiary/aromatic N) is 1. The number of rotatable bonds is 5. The number of amides is 1. The van der Waals surface area contributed by atoms with Gasteiger partial charge in [-0.05, 0) is 54.8 Å². The third-order valence-electron chi connectivity index (χ3n) is 3.83. The Hall–Kier alpha value is -3.26. The highest BCUT2D eigenvalue weighted by Gasteiger charge is 2.13. The second-order valence-electron chi connectivity index (χ2n) is 5.50. The summed E-state index contributed by atoms with van der Waals surface area (Å²) >= 11 is 0. The number of aryl methyl sites for hydroxylation is 2. The van der Waals surface area contributed by atoms with Gasteiger partial charge in [0.05, 0.1) is 14.2 Å². The van der Waals surface area contributed by atoms with Crippen LogP contribution in [0.3, 0.4) is 0 Å². The molecule has 0 saturated heterocycles. The smallest absolute Gasteiger partial charge is 0.266 e. The largest absolute Gasteiger partial charge is 0.493 e. The highest BCUT2D eigenvalue weighted by molar-refractivity contribution is 6.10. The molecule has 2 aromatic rings. The molecule has 1 amide bonds. The van der Waals surface area contributed by atoms with Crippen molar-refractivity contribution in [3.63, 3.8) is 0 Å². The molecule has 0 spiro atoms. The number of para-hydroxylation sites is 1. The van der Waals surface area contributed by atoms with Gasteiger partial charge < -0.3 is 14.8 Å². The van der Waals surface area contributed by atoms with E-state index in [1.165, 1.54) is 7.11 Å². The SMILES string of the molecule is COc1cc(C)c(/C=C(/C#N)C(=O)Nc2ccccc2C)cc1OC. The van der Waals surface area contributed by atoms with Gasteiger partial charge in [-0.3, -0.25) is 4.79 Å². The summed E-state index contributed by atoms with van der Waals surface area (Å²) in [6, 6.07) is 12.9. The molecule has 0 unspecified atom stereocenters. The molecule has 0 aliphatic carbocycles. The molecule has 0 aliphatic heterocycles. The Morgan fingerprint density at radius 2 is 1.72 bits per heavy atom. The Morgan fingerprint density at radius 3 is 2.32 bits per heavy atom. The van der Waals surface area contributed by atoms with Crippen LogP contribution in [0.1, 0.15) is 16.7 Å². The van der Waals surface area contributed by atoms with Gasteiger partial charge in [0.2, 0.25) is 0 Å². The highest BCUT2D eigenvalue weighted by Crippen LogP contribution is 2.31. The lowest BCUT2D eigenvalue weighted by Crippen LogP contribution is -2.14. The normalized spacial score (nSPS) is 10.8. The Balaban J connectivity index is 2.36. The van der Waals surface area contributed by atoms with Crippen LogP contribution < -0.4 is 14.8 Å². The second-order valence-corrected chi connectivity index (χ2v) is 5.50. The van der Waals surface area contributed by atoms with Crippen molar-refractivity contribution in [3.8, 4) is 17.6 Å². The summed E-state index contributed by atoms with van der Waals surface area (Å²) in [5.41, 5.74) is 3.20. The maximum atomic E-state index is 12.4. The van der Waals surface area contributed by atoms with Gasteiger partial charge in [0.15, 0.2) is 11.5 Å². The number of hydrogen-bond donors (Lipinski definition) is 1. The lowest BCUT2D eigenvalue weighted by atomic mass is 10.0. The average molecular weight is 336 g/mol. The summed E-state index contributed by atoms with van der Waals surface area (Å²) in [6.45, 7) is 3.77. The van der Waals surface area contributed by atoms with Gasteiger partial charge >= 0.3 is 0 Å². The van der Waals surface area contributed by atoms with Crippen LogP contribution in [-0.4, -0.2) is 20.1 Å². The molecule has 0 fully saturated rings. The number of methoxy groups -OCH3 is 2. The molecule has 2 rings (SSSR count). The lowest BCUT2D eigenvalue weighted by molar-refractivity contribution is -0.112. The van der Waals surface area contributed by atoms with E-state index >= 15 is 0 Å². The Morgan fingerprint density at radius 1 is 1.08 bits per heavy atom. The third kappa shape index (κ3) is 4.18. The van der Waals surface area contributed by atoms with Gasteiger partial charge in [0, 0.05) is 5.69 Å². The standard InChI is InChI=1S/C20H20N2O3/c1-13-7-5-6-8-17(13)22-20(23)16(12-21)10-15-11-19(25-4)18(24-3)9-14(15)2/h5-11H,1-4H3,(H,22,23)/b16-10-. The Kier molecular flexibility index (Phi) is 5.80. The summed E-state index contributed by atoms with van der Waals surface area (Å²) in [5, 5.41) is 12.2. The molecule has 2 aromatic carbocycles. The minimum absolute atomic E-state index is 0.0126. The second kappa shape index (κ2) is 8.02. The molecule has 25 heavy (non-hydrogen) atoms. The number of carbonyl (C=O) groups excluding carboxylic acids is 1. The molecule has 0 atom stereocenters. The molecule has 0 saturated carbocycles. The fraction of sp³-hybridized carbons (Fsp3) is 0.200. The molecule has 0 radical (unpaired) electrons. The van der Waals surface area contributed by atoms with Gasteiger partial charge in [-0.15, -0.1) is 0 Å². The van der Waals surface area contributed by atoms with Crippen molar-refractivity contribution in [1.82, 2.24) is 0 Å². The molecule has 0 heterocycles. The van der Waals surface area contributed by atoms with E-state index in [4.69, 9.17) is 9.47 Å². The van der Waals surface area contributed by atoms with Gasteiger partial charge in [0.1, 0.15) is 11.6 Å². The fourth-order valence-electron chi connectivity index (χ4n) is 2.36. The zero-order valence-corrected chi connectivity index (χ0v) is 14.7. The number of anilines is 1. The van der Waals surface area contributed by atoms with E-state index in [2.05, 4.69) is 5.32 Å². The van der Waals surface area contributed by atoms with Crippen LogP contribution in [0.25, 0.3) is 6.08 Å². The first kappa shape index (κ1) is 18.1. The van der Waals surface area contributed by atoms with E-state index in [0.717, 1.165) is 11.1 Å². The molecular weight excluding hydrogens is 316 g/mol. The zero-order valence-electron chi connectivity index (χ0n) is 14.7. The summed E-state index contributed by atoms with van der Waals surface area (Å²) < 4.78 is 10.5. The number of hydrogen-bond acceptors (Lipinski definition) is 4. The van der Waals surface area contributed by atoms with Crippen molar-refractivity contribution >= 4 is 17.7 Å². The van der Waals surface area contributed by atoms with Crippen LogP contribution in [0, 0.1) is 25.2 Å². The monoisotopic (exact) mass is 336 g/mol. The summed E-state index contributed by atoms with van der Waals surface area (Å²) in [4.78, 5) is 12.4. The number of nitriles is 1. The quantitative estimate of drug-likeness (QED) is 0.665. The molecule has 0 aromatic heterocycles. The zero-order chi connectivity index (χ0) is 18.4. The first-order chi connectivity index (χ1) is 12.0. The predicted octanol–water partition coefficient (Wildman–Crippen LogP) is 3.87. The van der Waals surface area contributed by atoms with E-state index in [-0.39, 0.29) is 5.57 Å². The molecule has 0 aliphatic rings. The van der Waals surface area contributed by atoms with Crippen LogP contribution in [0.15, 0.2) is 42.0 Å². The van der Waals surface area contributed by atoms with Crippen LogP contribution in [0.4, 0.5) is 5.69 Å². The molecular formula is C20H20N2O3. The molecule has 5 nitrogen and oxygen atoms in total. The maximum Gasteiger partial charge on any atom is 0.266 e. The first-order valence-corrected chi connectivity index (χ1v) is 7.71. The number of nitrogens with one attached hydrogen (secondary N) is 1. The van der Waals surface area contributed by atoms with Gasteiger partial charge in [-0.25, -0.2) is 0 Å². The Bertz CT molecular complexity index is 864. The molecule has 5 heteroatoms. The van der Waals surface area contributed by atoms with Crippen molar-refractivity contribution in [1.29, 1.82) is 5.26 Å². The van der Waals surface area contributed by atoms with Crippen molar-refractivity contribution in [2.75, 3.05) is 19.5 Å². The minimum atomic E-state index is -0.453. The summed E-state index contributed by atoms with van der Waals surface area (Å²) in [5.74, 6) is 0.682. The van der Waals surface area contributed by atoms with E-state index in [1.807, 2.05) is 38.1 Å². The van der Waals surface area contributed by atoms with E-state index < -0.39 is 5.91 Å². The lowest BCUT2D eigenvalue weighted by Gasteiger charge is -2.11. The van der Waals surface area contributed by atoms with Crippen molar-refractivity contribution in [2.45, 2.75) is 13.8 Å². The van der Waals surface area contributed by atoms with E-state index in [1.54, 1.807) is 31.4 Å². The van der Waals surface area contributed by atoms with E-state index in [9.17, 15) is 10.1 Å². The highest BCUT2D eigenvalue weighted by atomic mass is 16.5. The van der Waals surface area contributed by atoms with Crippen LogP contribution >= 0.6 is 0 Å². The fourth-order valence-corrected chi connectivity index (χ4v) is 2.36. The topological polar surface area (TPSA) is 71.3 Å². The van der Waals surface area contributed by atoms with E-state index in [0.29, 0.717) is 22.7 Å². The van der Waals surface area contributed by atoms with Crippen molar-refractivity contribution < 1.29 is 14.3 Å². The molecule has 0 bridgehead atoms. The van der Waals surface area contributed by atoms with Gasteiger partial charge in [-0.2, -0.15) is 5.26 Å². The molecule has 1 N–H and O–H groups in total. The third-order valence-corrected chi connectivity index (χ3v) is 3.83. The van der Waals surface area contributed by atoms with Crippen LogP contribution in [0.2, 0.25) is 0 Å². The minimum Gasteiger partial charge on any atom is -0.493 e. The summed E-state index contributed by atoms with van der Waals surface area (Å²) in [6.07, 6.45) is 1.55. The summed E-state index contributed by atoms with van der Waals surface area (Å²) in [7, 11) is 3.10. The first-order valence-electron chi connectivity index (χ1n) is 7.71. The number of carbonyl (C=O) groups is 1. The van der Waals surface area contributed by atoms with Crippen LogP contribution in [0.5, 0.6) is 11.5 Å². The molecule has 128 valence electrons. The Labute approximate surface area is 147 Å². The average Bonchev–Trinajstić information content (AvgIpc) is 2.62.